The van der Waals surface area contributed by atoms with Gasteiger partial charge in [0.2, 0.25) is 0 Å². The van der Waals surface area contributed by atoms with Gasteiger partial charge in [0.05, 0.1) is 0 Å². The molecule has 0 aliphatic heterocycles. The first-order valence-electron chi connectivity index (χ1n) is 4.91. The third-order valence-electron chi connectivity index (χ3n) is 4.98. The van der Waals surface area contributed by atoms with Crippen LogP contribution in [0.3, 0.4) is 0 Å². The van der Waals surface area contributed by atoms with Gasteiger partial charge in [0.1, 0.15) is 5.78 Å². The zero-order valence-corrected chi connectivity index (χ0v) is 6.49. The summed E-state index contributed by atoms with van der Waals surface area (Å²) >= 11 is 0. The van der Waals surface area contributed by atoms with Gasteiger partial charge in [-0.2, -0.15) is 0 Å². The van der Waals surface area contributed by atoms with E-state index in [1.807, 2.05) is 0 Å². The number of Topliss-reactive ketones (excluding diaryl/α,β-unsaturated/α-hetero) is 1. The van der Waals surface area contributed by atoms with Crippen molar-refractivity contribution in [1.82, 2.24) is 0 Å². The average Bonchev–Trinajstić information content (AvgIpc) is 2.45. The lowest BCUT2D eigenvalue weighted by atomic mass is 9.56. The minimum absolute atomic E-state index is 0.550. The molecule has 58 valence electrons. The van der Waals surface area contributed by atoms with E-state index in [0.29, 0.717) is 17.6 Å². The van der Waals surface area contributed by atoms with Crippen LogP contribution in [-0.4, -0.2) is 5.78 Å². The third-order valence-corrected chi connectivity index (χ3v) is 4.98. The van der Waals surface area contributed by atoms with E-state index in [0.717, 1.165) is 23.7 Å². The first kappa shape index (κ1) is 5.34. The molecule has 0 aromatic carbocycles. The summed E-state index contributed by atoms with van der Waals surface area (Å²) in [5.41, 5.74) is 0. The quantitative estimate of drug-likeness (QED) is 0.508. The number of ketones is 1. The third kappa shape index (κ3) is 0.344. The molecule has 6 atom stereocenters. The minimum Gasteiger partial charge on any atom is -0.299 e. The molecule has 0 amide bonds. The van der Waals surface area contributed by atoms with Gasteiger partial charge in [0.25, 0.3) is 0 Å². The van der Waals surface area contributed by atoms with Gasteiger partial charge in [-0.3, -0.25) is 4.79 Å². The summed E-state index contributed by atoms with van der Waals surface area (Å²) in [7, 11) is 0. The second-order valence-corrected chi connectivity index (χ2v) is 4.92. The first-order valence-corrected chi connectivity index (χ1v) is 4.91. The van der Waals surface area contributed by atoms with Crippen LogP contribution in [0.1, 0.15) is 19.3 Å². The van der Waals surface area contributed by atoms with E-state index in [2.05, 4.69) is 0 Å². The van der Waals surface area contributed by atoms with Gasteiger partial charge in [-0.05, 0) is 42.9 Å². The van der Waals surface area contributed by atoms with Gasteiger partial charge >= 0.3 is 0 Å². The van der Waals surface area contributed by atoms with E-state index in [-0.39, 0.29) is 0 Å². The summed E-state index contributed by atoms with van der Waals surface area (Å²) in [5.74, 6) is 5.44. The molecule has 0 unspecified atom stereocenters. The van der Waals surface area contributed by atoms with Crippen LogP contribution in [-0.2, 0) is 4.79 Å². The zero-order valence-electron chi connectivity index (χ0n) is 6.49. The molecule has 0 heterocycles. The smallest absolute Gasteiger partial charge is 0.139 e. The molecule has 4 aliphatic rings. The number of rotatable bonds is 0. The Morgan fingerprint density at radius 3 is 2.64 bits per heavy atom. The van der Waals surface area contributed by atoms with Crippen molar-refractivity contribution < 1.29 is 4.79 Å². The number of fused-ring (bicyclic) bond motifs is 3. The molecule has 4 aliphatic carbocycles. The summed E-state index contributed by atoms with van der Waals surface area (Å²) in [6.07, 6.45) is 4.13. The summed E-state index contributed by atoms with van der Waals surface area (Å²) in [6.45, 7) is 0. The molecule has 0 radical (unpaired) electrons. The fourth-order valence-electron chi connectivity index (χ4n) is 4.76. The van der Waals surface area contributed by atoms with Crippen molar-refractivity contribution in [3.8, 4) is 0 Å². The Balaban J connectivity index is 1.94. The SMILES string of the molecule is O=C1[C@H]2[C@@H]3C[C@H]1[C@@H]1CC[C@@H]3[C@@H]12. The molecule has 4 fully saturated rings. The summed E-state index contributed by atoms with van der Waals surface area (Å²) in [4.78, 5) is 11.6. The van der Waals surface area contributed by atoms with Gasteiger partial charge in [-0.15, -0.1) is 0 Å². The molecular weight excluding hydrogens is 136 g/mol. The van der Waals surface area contributed by atoms with Crippen LogP contribution in [0.2, 0.25) is 0 Å². The van der Waals surface area contributed by atoms with E-state index in [4.69, 9.17) is 0 Å². The predicted molar refractivity (Wildman–Crippen MR) is 39.8 cm³/mol. The summed E-state index contributed by atoms with van der Waals surface area (Å²) in [5, 5.41) is 0. The molecule has 0 N–H and O–H groups in total. The van der Waals surface area contributed by atoms with Gasteiger partial charge in [-0.25, -0.2) is 0 Å². The monoisotopic (exact) mass is 148 g/mol. The van der Waals surface area contributed by atoms with Crippen molar-refractivity contribution in [2.24, 2.45) is 35.5 Å². The van der Waals surface area contributed by atoms with Crippen molar-refractivity contribution in [2.45, 2.75) is 19.3 Å². The maximum Gasteiger partial charge on any atom is 0.139 e. The maximum atomic E-state index is 11.6. The highest BCUT2D eigenvalue weighted by Crippen LogP contribution is 2.72. The first-order chi connectivity index (χ1) is 5.38. The highest BCUT2D eigenvalue weighted by atomic mass is 16.1. The van der Waals surface area contributed by atoms with Crippen LogP contribution in [0.25, 0.3) is 0 Å². The minimum atomic E-state index is 0.550. The van der Waals surface area contributed by atoms with Gasteiger partial charge in [0, 0.05) is 11.8 Å². The maximum absolute atomic E-state index is 11.6. The summed E-state index contributed by atoms with van der Waals surface area (Å²) < 4.78 is 0. The normalized spacial score (nSPS) is 68.9. The van der Waals surface area contributed by atoms with Crippen LogP contribution < -0.4 is 0 Å². The molecule has 0 saturated heterocycles. The van der Waals surface area contributed by atoms with E-state index < -0.39 is 0 Å². The van der Waals surface area contributed by atoms with E-state index in [9.17, 15) is 4.79 Å². The Labute approximate surface area is 66.2 Å². The summed E-state index contributed by atoms with van der Waals surface area (Å²) in [6, 6.07) is 0. The molecule has 1 nitrogen and oxygen atoms in total. The highest BCUT2D eigenvalue weighted by Gasteiger charge is 2.72. The van der Waals surface area contributed by atoms with E-state index in [1.165, 1.54) is 19.3 Å². The molecule has 0 spiro atoms. The van der Waals surface area contributed by atoms with Crippen LogP contribution >= 0.6 is 0 Å². The number of hydrogen-bond donors (Lipinski definition) is 0. The standard InChI is InChI=1S/C10H12O/c11-10-7-3-6-4-1-2-5(7)8(4)9(6)10/h4-9H,1-3H2/t4-,5-,6+,7-,8-,9-/m0/s1. The lowest BCUT2D eigenvalue weighted by molar-refractivity contribution is -0.125. The number of carbonyl (C=O) groups excluding carboxylic acids is 1. The van der Waals surface area contributed by atoms with Crippen molar-refractivity contribution in [2.75, 3.05) is 0 Å². The fourth-order valence-corrected chi connectivity index (χ4v) is 4.76. The highest BCUT2D eigenvalue weighted by molar-refractivity contribution is 5.90. The molecule has 11 heavy (non-hydrogen) atoms. The molecule has 2 bridgehead atoms. The molecule has 4 rings (SSSR count). The van der Waals surface area contributed by atoms with Gasteiger partial charge < -0.3 is 0 Å². The van der Waals surface area contributed by atoms with Gasteiger partial charge in [0.15, 0.2) is 0 Å². The number of carbonyl (C=O) groups is 1. The zero-order chi connectivity index (χ0) is 7.16. The Kier molecular flexibility index (Phi) is 0.630. The van der Waals surface area contributed by atoms with Crippen molar-refractivity contribution in [3.05, 3.63) is 0 Å². The molecular formula is C10H12O. The predicted octanol–water partition coefficient (Wildman–Crippen LogP) is 1.48. The second kappa shape index (κ2) is 1.30. The van der Waals surface area contributed by atoms with Crippen LogP contribution in [0.15, 0.2) is 0 Å². The lowest BCUT2D eigenvalue weighted by Crippen LogP contribution is -2.44. The van der Waals surface area contributed by atoms with Crippen molar-refractivity contribution in [1.29, 1.82) is 0 Å². The fraction of sp³-hybridized carbons (Fsp3) is 0.900. The Morgan fingerprint density at radius 2 is 1.91 bits per heavy atom. The average molecular weight is 148 g/mol. The Morgan fingerprint density at radius 1 is 1.09 bits per heavy atom. The Bertz CT molecular complexity index is 250. The number of hydrogen-bond acceptors (Lipinski definition) is 1. The van der Waals surface area contributed by atoms with Crippen molar-refractivity contribution in [3.63, 3.8) is 0 Å². The lowest BCUT2D eigenvalue weighted by Gasteiger charge is -2.47. The van der Waals surface area contributed by atoms with E-state index in [1.54, 1.807) is 0 Å². The molecule has 1 heteroatoms. The topological polar surface area (TPSA) is 17.1 Å². The second-order valence-electron chi connectivity index (χ2n) is 4.92. The Hall–Kier alpha value is -0.330. The molecule has 0 aromatic heterocycles. The van der Waals surface area contributed by atoms with Gasteiger partial charge in [-0.1, -0.05) is 0 Å². The molecule has 4 saturated carbocycles. The van der Waals surface area contributed by atoms with Crippen LogP contribution in [0.5, 0.6) is 0 Å². The molecule has 0 aromatic rings. The largest absolute Gasteiger partial charge is 0.299 e. The van der Waals surface area contributed by atoms with Crippen LogP contribution in [0, 0.1) is 35.5 Å². The van der Waals surface area contributed by atoms with Crippen LogP contribution in [0.4, 0.5) is 0 Å². The van der Waals surface area contributed by atoms with E-state index >= 15 is 0 Å². The van der Waals surface area contributed by atoms with Crippen molar-refractivity contribution >= 4 is 5.78 Å².